The number of carbonyl (C=O) groups excluding carboxylic acids is 1. The van der Waals surface area contributed by atoms with Gasteiger partial charge < -0.3 is 4.74 Å². The van der Waals surface area contributed by atoms with E-state index in [-0.39, 0.29) is 12.4 Å². The predicted octanol–water partition coefficient (Wildman–Crippen LogP) is 3.36. The molecule has 1 unspecified atom stereocenters. The van der Waals surface area contributed by atoms with Gasteiger partial charge in [0.15, 0.2) is 0 Å². The van der Waals surface area contributed by atoms with Crippen LogP contribution in [-0.2, 0) is 32.5 Å². The number of benzene rings is 2. The van der Waals surface area contributed by atoms with Crippen LogP contribution in [0.4, 0.5) is 0 Å². The van der Waals surface area contributed by atoms with E-state index in [1.54, 1.807) is 24.3 Å². The summed E-state index contributed by atoms with van der Waals surface area (Å²) in [5.41, 5.74) is 1.69. The van der Waals surface area contributed by atoms with Gasteiger partial charge in [-0.05, 0) is 23.3 Å². The van der Waals surface area contributed by atoms with Crippen LogP contribution in [0.2, 0.25) is 5.02 Å². The molecule has 0 aliphatic rings. The van der Waals surface area contributed by atoms with Crippen LogP contribution in [0.3, 0.4) is 0 Å². The molecule has 110 valence electrons. The van der Waals surface area contributed by atoms with E-state index in [1.165, 1.54) is 7.11 Å². The molecule has 3 nitrogen and oxygen atoms in total. The van der Waals surface area contributed by atoms with Gasteiger partial charge in [0.1, 0.15) is 0 Å². The fourth-order valence-electron chi connectivity index (χ4n) is 1.95. The normalized spacial score (nSPS) is 11.9. The number of hydrogen-bond donors (Lipinski definition) is 0. The standard InChI is InChI=1S/C16H15ClO3S/c1-20-16(18)10-12-6-2-3-7-13(12)11-21(19)15-9-5-4-8-14(15)17/h2-9H,10-11H2,1H3. The van der Waals surface area contributed by atoms with Gasteiger partial charge in [-0.25, -0.2) is 0 Å². The first kappa shape index (κ1) is 15.7. The number of ether oxygens (including phenoxy) is 1. The van der Waals surface area contributed by atoms with Gasteiger partial charge in [-0.1, -0.05) is 48.0 Å². The van der Waals surface area contributed by atoms with E-state index >= 15 is 0 Å². The van der Waals surface area contributed by atoms with Crippen molar-refractivity contribution in [2.24, 2.45) is 0 Å². The molecule has 0 saturated carbocycles. The lowest BCUT2D eigenvalue weighted by atomic mass is 10.1. The van der Waals surface area contributed by atoms with Crippen molar-refractivity contribution in [3.63, 3.8) is 0 Å². The lowest BCUT2D eigenvalue weighted by Gasteiger charge is -2.09. The van der Waals surface area contributed by atoms with Crippen molar-refractivity contribution in [2.45, 2.75) is 17.1 Å². The Morgan fingerprint density at radius 2 is 1.71 bits per heavy atom. The van der Waals surface area contributed by atoms with Crippen molar-refractivity contribution in [3.8, 4) is 0 Å². The Bertz CT molecular complexity index is 670. The Morgan fingerprint density at radius 3 is 2.38 bits per heavy atom. The third-order valence-electron chi connectivity index (χ3n) is 3.05. The zero-order valence-corrected chi connectivity index (χ0v) is 13.1. The first-order valence-electron chi connectivity index (χ1n) is 6.38. The van der Waals surface area contributed by atoms with Crippen LogP contribution in [0.25, 0.3) is 0 Å². The minimum absolute atomic E-state index is 0.173. The van der Waals surface area contributed by atoms with Gasteiger partial charge in [-0.3, -0.25) is 9.00 Å². The Kier molecular flexibility index (Phi) is 5.53. The number of methoxy groups -OCH3 is 1. The van der Waals surface area contributed by atoms with Crippen molar-refractivity contribution in [1.82, 2.24) is 0 Å². The second-order valence-electron chi connectivity index (χ2n) is 4.44. The summed E-state index contributed by atoms with van der Waals surface area (Å²) in [5.74, 6) is 0.00246. The van der Waals surface area contributed by atoms with Gasteiger partial charge in [0, 0.05) is 0 Å². The molecule has 0 bridgehead atoms. The summed E-state index contributed by atoms with van der Waals surface area (Å²) in [7, 11) is 0.0969. The summed E-state index contributed by atoms with van der Waals surface area (Å²) in [6.45, 7) is 0. The highest BCUT2D eigenvalue weighted by atomic mass is 35.5. The molecule has 2 aromatic carbocycles. The molecule has 0 aromatic heterocycles. The molecule has 0 fully saturated rings. The van der Waals surface area contributed by atoms with Gasteiger partial charge in [-0.15, -0.1) is 0 Å². The minimum atomic E-state index is -1.26. The van der Waals surface area contributed by atoms with E-state index < -0.39 is 10.8 Å². The average molecular weight is 323 g/mol. The largest absolute Gasteiger partial charge is 0.469 e. The molecule has 5 heteroatoms. The first-order chi connectivity index (χ1) is 10.1. The summed E-state index contributed by atoms with van der Waals surface area (Å²) in [6, 6.07) is 14.5. The van der Waals surface area contributed by atoms with E-state index in [4.69, 9.17) is 11.6 Å². The number of hydrogen-bond acceptors (Lipinski definition) is 3. The zero-order valence-electron chi connectivity index (χ0n) is 11.5. The fourth-order valence-corrected chi connectivity index (χ4v) is 3.58. The molecule has 0 aliphatic carbocycles. The lowest BCUT2D eigenvalue weighted by Crippen LogP contribution is -2.08. The van der Waals surface area contributed by atoms with E-state index in [1.807, 2.05) is 24.3 Å². The van der Waals surface area contributed by atoms with Crippen molar-refractivity contribution in [1.29, 1.82) is 0 Å². The van der Waals surface area contributed by atoms with Gasteiger partial charge in [0.25, 0.3) is 0 Å². The number of carbonyl (C=O) groups is 1. The SMILES string of the molecule is COC(=O)Cc1ccccc1CS(=O)c1ccccc1Cl. The van der Waals surface area contributed by atoms with Crippen molar-refractivity contribution >= 4 is 28.4 Å². The summed E-state index contributed by atoms with van der Waals surface area (Å²) in [5, 5.41) is 0.487. The predicted molar refractivity (Wildman–Crippen MR) is 83.7 cm³/mol. The Morgan fingerprint density at radius 1 is 1.10 bits per heavy atom. The number of esters is 1. The highest BCUT2D eigenvalue weighted by Crippen LogP contribution is 2.22. The van der Waals surface area contributed by atoms with Crippen LogP contribution >= 0.6 is 11.6 Å². The lowest BCUT2D eigenvalue weighted by molar-refractivity contribution is -0.139. The van der Waals surface area contributed by atoms with Gasteiger partial charge in [-0.2, -0.15) is 0 Å². The Hall–Kier alpha value is -1.65. The molecule has 0 heterocycles. The molecule has 0 N–H and O–H groups in total. The van der Waals surface area contributed by atoms with Crippen LogP contribution < -0.4 is 0 Å². The molecular weight excluding hydrogens is 308 g/mol. The summed E-state index contributed by atoms with van der Waals surface area (Å²) in [4.78, 5) is 12.0. The second-order valence-corrected chi connectivity index (χ2v) is 6.27. The summed E-state index contributed by atoms with van der Waals surface area (Å²) >= 11 is 6.06. The smallest absolute Gasteiger partial charge is 0.309 e. The fraction of sp³-hybridized carbons (Fsp3) is 0.188. The molecule has 0 radical (unpaired) electrons. The van der Waals surface area contributed by atoms with Crippen molar-refractivity contribution in [2.75, 3.05) is 7.11 Å². The van der Waals surface area contributed by atoms with Crippen LogP contribution in [0.5, 0.6) is 0 Å². The molecule has 0 spiro atoms. The minimum Gasteiger partial charge on any atom is -0.469 e. The maximum absolute atomic E-state index is 12.5. The van der Waals surface area contributed by atoms with E-state index in [2.05, 4.69) is 4.74 Å². The molecule has 21 heavy (non-hydrogen) atoms. The first-order valence-corrected chi connectivity index (χ1v) is 8.08. The number of halogens is 1. The summed E-state index contributed by atoms with van der Waals surface area (Å²) in [6.07, 6.45) is 0.173. The maximum atomic E-state index is 12.5. The van der Waals surface area contributed by atoms with Gasteiger partial charge >= 0.3 is 5.97 Å². The van der Waals surface area contributed by atoms with Crippen LogP contribution in [0, 0.1) is 0 Å². The van der Waals surface area contributed by atoms with Crippen LogP contribution in [0.15, 0.2) is 53.4 Å². The van der Waals surface area contributed by atoms with Crippen molar-refractivity contribution in [3.05, 3.63) is 64.7 Å². The second kappa shape index (κ2) is 7.38. The van der Waals surface area contributed by atoms with Gasteiger partial charge in [0.2, 0.25) is 0 Å². The monoisotopic (exact) mass is 322 g/mol. The van der Waals surface area contributed by atoms with E-state index in [0.29, 0.717) is 15.7 Å². The van der Waals surface area contributed by atoms with Gasteiger partial charge in [0.05, 0.1) is 40.0 Å². The highest BCUT2D eigenvalue weighted by molar-refractivity contribution is 7.84. The molecular formula is C16H15ClO3S. The quantitative estimate of drug-likeness (QED) is 0.793. The van der Waals surface area contributed by atoms with E-state index in [0.717, 1.165) is 11.1 Å². The molecule has 0 saturated heterocycles. The molecule has 2 rings (SSSR count). The Labute approximate surface area is 131 Å². The summed E-state index contributed by atoms with van der Waals surface area (Å²) < 4.78 is 17.1. The zero-order chi connectivity index (χ0) is 15.2. The average Bonchev–Trinajstić information content (AvgIpc) is 2.49. The van der Waals surface area contributed by atoms with Crippen molar-refractivity contribution < 1.29 is 13.7 Å². The topological polar surface area (TPSA) is 43.4 Å². The number of rotatable bonds is 5. The van der Waals surface area contributed by atoms with Crippen LogP contribution in [0.1, 0.15) is 11.1 Å². The third kappa shape index (κ3) is 4.16. The molecule has 0 aliphatic heterocycles. The van der Waals surface area contributed by atoms with E-state index in [9.17, 15) is 9.00 Å². The molecule has 1 atom stereocenters. The maximum Gasteiger partial charge on any atom is 0.309 e. The molecule has 0 amide bonds. The third-order valence-corrected chi connectivity index (χ3v) is 4.91. The molecule has 2 aromatic rings. The van der Waals surface area contributed by atoms with Crippen LogP contribution in [-0.4, -0.2) is 17.3 Å². The Balaban J connectivity index is 2.22. The highest BCUT2D eigenvalue weighted by Gasteiger charge is 2.13.